The molecule has 1 aliphatic rings. The lowest BCUT2D eigenvalue weighted by atomic mass is 10.1. The fourth-order valence-electron chi connectivity index (χ4n) is 3.47. The van der Waals surface area contributed by atoms with Gasteiger partial charge in [-0.15, -0.1) is 0 Å². The van der Waals surface area contributed by atoms with Gasteiger partial charge in [-0.2, -0.15) is 0 Å². The van der Waals surface area contributed by atoms with E-state index in [1.54, 1.807) is 0 Å². The van der Waals surface area contributed by atoms with Gasteiger partial charge in [-0.3, -0.25) is 9.69 Å². The Labute approximate surface area is 174 Å². The first-order chi connectivity index (χ1) is 14.0. The van der Waals surface area contributed by atoms with E-state index in [1.165, 1.54) is 5.56 Å². The van der Waals surface area contributed by atoms with Crippen LogP contribution >= 0.6 is 0 Å². The van der Waals surface area contributed by atoms with Crippen molar-refractivity contribution in [3.63, 3.8) is 0 Å². The van der Waals surface area contributed by atoms with E-state index in [4.69, 9.17) is 9.47 Å². The van der Waals surface area contributed by atoms with Crippen LogP contribution in [0.5, 0.6) is 5.75 Å². The summed E-state index contributed by atoms with van der Waals surface area (Å²) < 4.78 is 11.4. The zero-order valence-electron chi connectivity index (χ0n) is 17.7. The number of hydrogen-bond acceptors (Lipinski definition) is 4. The van der Waals surface area contributed by atoms with Gasteiger partial charge in [0, 0.05) is 26.2 Å². The third kappa shape index (κ3) is 6.31. The molecule has 5 heteroatoms. The van der Waals surface area contributed by atoms with Crippen molar-refractivity contribution in [2.75, 3.05) is 26.3 Å². The molecule has 2 aromatic carbocycles. The van der Waals surface area contributed by atoms with Gasteiger partial charge < -0.3 is 14.8 Å². The number of rotatable bonds is 8. The Morgan fingerprint density at radius 3 is 2.66 bits per heavy atom. The van der Waals surface area contributed by atoms with Crippen molar-refractivity contribution in [2.24, 2.45) is 0 Å². The lowest BCUT2D eigenvalue weighted by molar-refractivity contribution is -0.128. The number of ether oxygens (including phenoxy) is 2. The standard InChI is InChI=1S/C24H32N2O3/c1-4-22(29-23-14-18(2)8-9-19(23)3)24(27)25-16-20-6-5-7-21(15-20)17-26-10-12-28-13-11-26/h5-9,14-15,22H,4,10-13,16-17H2,1-3H3,(H,25,27)/t22-/m0/s1. The van der Waals surface area contributed by atoms with Crippen LogP contribution in [-0.2, 0) is 22.6 Å². The number of amides is 1. The summed E-state index contributed by atoms with van der Waals surface area (Å²) in [5, 5.41) is 3.04. The van der Waals surface area contributed by atoms with Crippen molar-refractivity contribution in [1.82, 2.24) is 10.2 Å². The number of carbonyl (C=O) groups excluding carboxylic acids is 1. The van der Waals surface area contributed by atoms with Crippen LogP contribution in [0.3, 0.4) is 0 Å². The third-order valence-corrected chi connectivity index (χ3v) is 5.24. The molecule has 3 rings (SSSR count). The summed E-state index contributed by atoms with van der Waals surface area (Å²) in [5.74, 6) is 0.700. The van der Waals surface area contributed by atoms with Crippen molar-refractivity contribution in [3.8, 4) is 5.75 Å². The van der Waals surface area contributed by atoms with E-state index in [1.807, 2.05) is 39.0 Å². The van der Waals surface area contributed by atoms with E-state index in [0.29, 0.717) is 13.0 Å². The third-order valence-electron chi connectivity index (χ3n) is 5.24. The Bertz CT molecular complexity index is 816. The van der Waals surface area contributed by atoms with Gasteiger partial charge in [-0.1, -0.05) is 43.3 Å². The Kier molecular flexibility index (Phi) is 7.67. The molecular weight excluding hydrogens is 364 g/mol. The van der Waals surface area contributed by atoms with Crippen molar-refractivity contribution in [3.05, 3.63) is 64.7 Å². The summed E-state index contributed by atoms with van der Waals surface area (Å²) in [6.07, 6.45) is 0.128. The van der Waals surface area contributed by atoms with Gasteiger partial charge in [-0.05, 0) is 48.6 Å². The maximum absolute atomic E-state index is 12.7. The van der Waals surface area contributed by atoms with Gasteiger partial charge >= 0.3 is 0 Å². The molecule has 0 aliphatic carbocycles. The molecule has 1 amide bonds. The van der Waals surface area contributed by atoms with Crippen LogP contribution in [0, 0.1) is 13.8 Å². The molecular formula is C24H32N2O3. The van der Waals surface area contributed by atoms with Crippen molar-refractivity contribution < 1.29 is 14.3 Å². The molecule has 0 aromatic heterocycles. The molecule has 1 saturated heterocycles. The zero-order chi connectivity index (χ0) is 20.6. The second-order valence-electron chi connectivity index (χ2n) is 7.71. The largest absolute Gasteiger partial charge is 0.480 e. The SMILES string of the molecule is CC[C@H](Oc1cc(C)ccc1C)C(=O)NCc1cccc(CN2CCOCC2)c1. The molecule has 1 N–H and O–H groups in total. The summed E-state index contributed by atoms with van der Waals surface area (Å²) >= 11 is 0. The maximum atomic E-state index is 12.7. The smallest absolute Gasteiger partial charge is 0.261 e. The first-order valence-electron chi connectivity index (χ1n) is 10.4. The molecule has 0 bridgehead atoms. The minimum atomic E-state index is -0.493. The highest BCUT2D eigenvalue weighted by Gasteiger charge is 2.19. The molecule has 2 aromatic rings. The molecule has 156 valence electrons. The highest BCUT2D eigenvalue weighted by atomic mass is 16.5. The highest BCUT2D eigenvalue weighted by Crippen LogP contribution is 2.21. The predicted octanol–water partition coefficient (Wildman–Crippen LogP) is 3.61. The minimum absolute atomic E-state index is 0.0769. The van der Waals surface area contributed by atoms with Gasteiger partial charge in [0.25, 0.3) is 5.91 Å². The summed E-state index contributed by atoms with van der Waals surface area (Å²) in [5.41, 5.74) is 4.53. The van der Waals surface area contributed by atoms with Gasteiger partial charge in [0.05, 0.1) is 13.2 Å². The van der Waals surface area contributed by atoms with Crippen LogP contribution in [0.15, 0.2) is 42.5 Å². The molecule has 0 unspecified atom stereocenters. The first kappa shape index (κ1) is 21.3. The zero-order valence-corrected chi connectivity index (χ0v) is 17.7. The van der Waals surface area contributed by atoms with Crippen LogP contribution in [0.1, 0.15) is 35.6 Å². The first-order valence-corrected chi connectivity index (χ1v) is 10.4. The Morgan fingerprint density at radius 2 is 1.90 bits per heavy atom. The van der Waals surface area contributed by atoms with E-state index >= 15 is 0 Å². The van der Waals surface area contributed by atoms with Crippen LogP contribution in [0.2, 0.25) is 0 Å². The molecule has 1 atom stereocenters. The molecule has 1 aliphatic heterocycles. The van der Waals surface area contributed by atoms with Crippen molar-refractivity contribution in [1.29, 1.82) is 0 Å². The maximum Gasteiger partial charge on any atom is 0.261 e. The summed E-state index contributed by atoms with van der Waals surface area (Å²) in [6, 6.07) is 14.5. The molecule has 29 heavy (non-hydrogen) atoms. The van der Waals surface area contributed by atoms with E-state index in [9.17, 15) is 4.79 Å². The van der Waals surface area contributed by atoms with Crippen LogP contribution in [0.25, 0.3) is 0 Å². The van der Waals surface area contributed by atoms with E-state index in [0.717, 1.165) is 55.3 Å². The van der Waals surface area contributed by atoms with Gasteiger partial charge in [0.15, 0.2) is 6.10 Å². The van der Waals surface area contributed by atoms with Crippen LogP contribution in [-0.4, -0.2) is 43.2 Å². The number of nitrogens with zero attached hydrogens (tertiary/aromatic N) is 1. The molecule has 0 radical (unpaired) electrons. The number of aryl methyl sites for hydroxylation is 2. The van der Waals surface area contributed by atoms with Gasteiger partial charge in [-0.25, -0.2) is 0 Å². The van der Waals surface area contributed by atoms with Gasteiger partial charge in [0.2, 0.25) is 0 Å². The fraction of sp³-hybridized carbons (Fsp3) is 0.458. The number of benzene rings is 2. The number of carbonyl (C=O) groups is 1. The average Bonchev–Trinajstić information content (AvgIpc) is 2.73. The predicted molar refractivity (Wildman–Crippen MR) is 115 cm³/mol. The minimum Gasteiger partial charge on any atom is -0.480 e. The van der Waals surface area contributed by atoms with Crippen molar-refractivity contribution >= 4 is 5.91 Å². The number of hydrogen-bond donors (Lipinski definition) is 1. The summed E-state index contributed by atoms with van der Waals surface area (Å²) in [4.78, 5) is 15.1. The van der Waals surface area contributed by atoms with Crippen LogP contribution in [0.4, 0.5) is 0 Å². The topological polar surface area (TPSA) is 50.8 Å². The molecule has 1 heterocycles. The molecule has 0 saturated carbocycles. The average molecular weight is 397 g/mol. The number of morpholine rings is 1. The summed E-state index contributed by atoms with van der Waals surface area (Å²) in [7, 11) is 0. The van der Waals surface area contributed by atoms with Crippen LogP contribution < -0.4 is 10.1 Å². The molecule has 5 nitrogen and oxygen atoms in total. The number of nitrogens with one attached hydrogen (secondary N) is 1. The second-order valence-corrected chi connectivity index (χ2v) is 7.71. The normalized spacial score (nSPS) is 15.7. The Balaban J connectivity index is 1.55. The molecule has 0 spiro atoms. The monoisotopic (exact) mass is 396 g/mol. The quantitative estimate of drug-likeness (QED) is 0.741. The lowest BCUT2D eigenvalue weighted by Gasteiger charge is -2.26. The summed E-state index contributed by atoms with van der Waals surface area (Å²) in [6.45, 7) is 10.9. The fourth-order valence-corrected chi connectivity index (χ4v) is 3.47. The van der Waals surface area contributed by atoms with Gasteiger partial charge in [0.1, 0.15) is 5.75 Å². The van der Waals surface area contributed by atoms with Crippen molar-refractivity contribution in [2.45, 2.75) is 46.4 Å². The van der Waals surface area contributed by atoms with E-state index in [-0.39, 0.29) is 5.91 Å². The Hall–Kier alpha value is -2.37. The Morgan fingerprint density at radius 1 is 1.14 bits per heavy atom. The second kappa shape index (κ2) is 10.4. The molecule has 1 fully saturated rings. The van der Waals surface area contributed by atoms with E-state index in [2.05, 4.69) is 34.5 Å². The van der Waals surface area contributed by atoms with E-state index < -0.39 is 6.10 Å². The highest BCUT2D eigenvalue weighted by molar-refractivity contribution is 5.81. The lowest BCUT2D eigenvalue weighted by Crippen LogP contribution is -2.37.